The van der Waals surface area contributed by atoms with Crippen molar-refractivity contribution >= 4 is 18.6 Å². The molecule has 0 bridgehead atoms. The number of carbonyl (C=O) groups is 1. The van der Waals surface area contributed by atoms with Crippen LogP contribution in [-0.2, 0) is 0 Å². The molecule has 0 saturated heterocycles. The van der Waals surface area contributed by atoms with E-state index in [0.717, 1.165) is 16.2 Å². The fraction of sp³-hybridized carbons (Fsp3) is 0. The van der Waals surface area contributed by atoms with Crippen LogP contribution in [0.15, 0.2) is 47.5 Å². The third-order valence-corrected chi connectivity index (χ3v) is 2.47. The molecular weight excluding hydrogens is 222 g/mol. The number of hydrogen-bond acceptors (Lipinski definition) is 3. The van der Waals surface area contributed by atoms with Crippen LogP contribution >= 0.6 is 12.6 Å². The van der Waals surface area contributed by atoms with Crippen LogP contribution in [0, 0.1) is 0 Å². The maximum absolute atomic E-state index is 10.6. The van der Waals surface area contributed by atoms with Gasteiger partial charge in [-0.2, -0.15) is 0 Å². The highest BCUT2D eigenvalue weighted by Crippen LogP contribution is 2.18. The molecule has 80 valence electrons. The number of nitrogens with zero attached hydrogens (tertiary/aromatic N) is 1. The Balaban J connectivity index is 2.34. The average Bonchev–Trinajstić information content (AvgIpc) is 2.30. The van der Waals surface area contributed by atoms with Gasteiger partial charge < -0.3 is 5.11 Å². The average molecular weight is 231 g/mol. The molecule has 4 heteroatoms. The van der Waals surface area contributed by atoms with Crippen LogP contribution in [0.5, 0.6) is 0 Å². The Morgan fingerprint density at radius 1 is 1.12 bits per heavy atom. The van der Waals surface area contributed by atoms with Gasteiger partial charge >= 0.3 is 5.97 Å². The molecule has 1 N–H and O–H groups in total. The third kappa shape index (κ3) is 2.23. The number of aromatic nitrogens is 1. The van der Waals surface area contributed by atoms with Gasteiger partial charge in [0.1, 0.15) is 0 Å². The molecule has 0 spiro atoms. The molecule has 0 saturated carbocycles. The van der Waals surface area contributed by atoms with Crippen LogP contribution in [0.2, 0.25) is 0 Å². The molecule has 0 radical (unpaired) electrons. The molecule has 0 aliphatic rings. The van der Waals surface area contributed by atoms with Crippen molar-refractivity contribution in [3.05, 3.63) is 48.2 Å². The van der Waals surface area contributed by atoms with E-state index < -0.39 is 5.97 Å². The number of pyridine rings is 1. The minimum Gasteiger partial charge on any atom is -0.478 e. The molecule has 2 rings (SSSR count). The number of benzene rings is 1. The SMILES string of the molecule is O=C(O)c1ccc(-c2ccc(S)cc2)nc1. The second kappa shape index (κ2) is 4.37. The van der Waals surface area contributed by atoms with Crippen LogP contribution < -0.4 is 0 Å². The molecule has 0 atom stereocenters. The number of thiol groups is 1. The fourth-order valence-corrected chi connectivity index (χ4v) is 1.47. The van der Waals surface area contributed by atoms with Gasteiger partial charge in [-0.05, 0) is 24.3 Å². The van der Waals surface area contributed by atoms with Gasteiger partial charge in [-0.15, -0.1) is 12.6 Å². The number of carboxylic acids is 1. The largest absolute Gasteiger partial charge is 0.478 e. The Bertz CT molecular complexity index is 506. The van der Waals surface area contributed by atoms with E-state index in [-0.39, 0.29) is 5.56 Å². The second-order valence-corrected chi connectivity index (χ2v) is 3.80. The molecule has 16 heavy (non-hydrogen) atoms. The summed E-state index contributed by atoms with van der Waals surface area (Å²) in [7, 11) is 0. The number of aromatic carboxylic acids is 1. The molecule has 0 unspecified atom stereocenters. The molecule has 1 heterocycles. The lowest BCUT2D eigenvalue weighted by Crippen LogP contribution is -1.96. The first kappa shape index (κ1) is 10.7. The summed E-state index contributed by atoms with van der Waals surface area (Å²) in [6.45, 7) is 0. The maximum Gasteiger partial charge on any atom is 0.337 e. The molecule has 3 nitrogen and oxygen atoms in total. The van der Waals surface area contributed by atoms with Crippen molar-refractivity contribution in [3.8, 4) is 11.3 Å². The van der Waals surface area contributed by atoms with Crippen molar-refractivity contribution in [2.24, 2.45) is 0 Å². The summed E-state index contributed by atoms with van der Waals surface area (Å²) in [5.74, 6) is -0.968. The van der Waals surface area contributed by atoms with E-state index in [2.05, 4.69) is 17.6 Å². The third-order valence-electron chi connectivity index (χ3n) is 2.17. The normalized spacial score (nSPS) is 10.1. The lowest BCUT2D eigenvalue weighted by molar-refractivity contribution is 0.0696. The molecule has 1 aromatic carbocycles. The van der Waals surface area contributed by atoms with Crippen LogP contribution in [0.25, 0.3) is 11.3 Å². The quantitative estimate of drug-likeness (QED) is 0.781. The van der Waals surface area contributed by atoms with Crippen molar-refractivity contribution in [1.29, 1.82) is 0 Å². The van der Waals surface area contributed by atoms with Crippen molar-refractivity contribution in [3.63, 3.8) is 0 Å². The van der Waals surface area contributed by atoms with Gasteiger partial charge in [-0.25, -0.2) is 4.79 Å². The predicted molar refractivity (Wildman–Crippen MR) is 63.9 cm³/mol. The highest BCUT2D eigenvalue weighted by atomic mass is 32.1. The summed E-state index contributed by atoms with van der Waals surface area (Å²) in [5, 5.41) is 8.73. The molecule has 0 amide bonds. The van der Waals surface area contributed by atoms with Crippen LogP contribution in [0.3, 0.4) is 0 Å². The smallest absolute Gasteiger partial charge is 0.337 e. The molecule has 1 aromatic heterocycles. The van der Waals surface area contributed by atoms with Crippen LogP contribution in [0.4, 0.5) is 0 Å². The maximum atomic E-state index is 10.6. The minimum atomic E-state index is -0.968. The summed E-state index contributed by atoms with van der Waals surface area (Å²) >= 11 is 4.19. The lowest BCUT2D eigenvalue weighted by Gasteiger charge is -2.01. The van der Waals surface area contributed by atoms with Crippen molar-refractivity contribution in [2.75, 3.05) is 0 Å². The number of hydrogen-bond donors (Lipinski definition) is 2. The zero-order valence-electron chi connectivity index (χ0n) is 8.29. The molecule has 2 aromatic rings. The minimum absolute atomic E-state index is 0.189. The molecule has 0 fully saturated rings. The van der Waals surface area contributed by atoms with E-state index in [0.29, 0.717) is 0 Å². The first-order valence-electron chi connectivity index (χ1n) is 4.65. The fourth-order valence-electron chi connectivity index (χ4n) is 1.32. The first-order valence-corrected chi connectivity index (χ1v) is 5.10. The van der Waals surface area contributed by atoms with Crippen LogP contribution in [-0.4, -0.2) is 16.1 Å². The van der Waals surface area contributed by atoms with Crippen LogP contribution in [0.1, 0.15) is 10.4 Å². The van der Waals surface area contributed by atoms with E-state index in [1.54, 1.807) is 12.1 Å². The van der Waals surface area contributed by atoms with Gasteiger partial charge in [-0.1, -0.05) is 12.1 Å². The van der Waals surface area contributed by atoms with Crippen molar-refractivity contribution < 1.29 is 9.90 Å². The van der Waals surface area contributed by atoms with E-state index >= 15 is 0 Å². The Kier molecular flexibility index (Phi) is 2.92. The Labute approximate surface area is 98.2 Å². The van der Waals surface area contributed by atoms with Gasteiger partial charge in [0, 0.05) is 16.7 Å². The lowest BCUT2D eigenvalue weighted by atomic mass is 10.1. The number of carboxylic acid groups (broad SMARTS) is 1. The summed E-state index contributed by atoms with van der Waals surface area (Å²) in [5.41, 5.74) is 1.88. The Morgan fingerprint density at radius 2 is 1.81 bits per heavy atom. The first-order chi connectivity index (χ1) is 7.66. The second-order valence-electron chi connectivity index (χ2n) is 3.28. The van der Waals surface area contributed by atoms with Gasteiger partial charge in [0.25, 0.3) is 0 Å². The van der Waals surface area contributed by atoms with Gasteiger partial charge in [-0.3, -0.25) is 4.98 Å². The zero-order chi connectivity index (χ0) is 11.5. The Morgan fingerprint density at radius 3 is 2.31 bits per heavy atom. The number of rotatable bonds is 2. The highest BCUT2D eigenvalue weighted by molar-refractivity contribution is 7.80. The summed E-state index contributed by atoms with van der Waals surface area (Å²) in [6.07, 6.45) is 1.35. The van der Waals surface area contributed by atoms with E-state index in [4.69, 9.17) is 5.11 Å². The summed E-state index contributed by atoms with van der Waals surface area (Å²) in [4.78, 5) is 15.6. The summed E-state index contributed by atoms with van der Waals surface area (Å²) < 4.78 is 0. The van der Waals surface area contributed by atoms with E-state index in [1.807, 2.05) is 24.3 Å². The molecule has 0 aliphatic heterocycles. The summed E-state index contributed by atoms with van der Waals surface area (Å²) in [6, 6.07) is 10.8. The molecule has 0 aliphatic carbocycles. The van der Waals surface area contributed by atoms with Crippen molar-refractivity contribution in [1.82, 2.24) is 4.98 Å². The standard InChI is InChI=1S/C12H9NO2S/c14-12(15)9-3-6-11(13-7-9)8-1-4-10(16)5-2-8/h1-7,16H,(H,14,15). The van der Waals surface area contributed by atoms with Gasteiger partial charge in [0.2, 0.25) is 0 Å². The predicted octanol–water partition coefficient (Wildman–Crippen LogP) is 2.74. The monoisotopic (exact) mass is 231 g/mol. The van der Waals surface area contributed by atoms with Crippen molar-refractivity contribution in [2.45, 2.75) is 4.90 Å². The highest BCUT2D eigenvalue weighted by Gasteiger charge is 2.04. The van der Waals surface area contributed by atoms with Gasteiger partial charge in [0.15, 0.2) is 0 Å². The Hall–Kier alpha value is -1.81. The topological polar surface area (TPSA) is 50.2 Å². The molecular formula is C12H9NO2S. The van der Waals surface area contributed by atoms with E-state index in [9.17, 15) is 4.79 Å². The van der Waals surface area contributed by atoms with E-state index in [1.165, 1.54) is 6.20 Å². The van der Waals surface area contributed by atoms with Gasteiger partial charge in [0.05, 0.1) is 11.3 Å². The zero-order valence-corrected chi connectivity index (χ0v) is 9.19.